The molecule has 0 N–H and O–H groups in total. The van der Waals surface area contributed by atoms with Gasteiger partial charge in [-0.2, -0.15) is 0 Å². The molecule has 0 aliphatic heterocycles. The fourth-order valence-electron chi connectivity index (χ4n) is 1.71. The quantitative estimate of drug-likeness (QED) is 0.565. The van der Waals surface area contributed by atoms with Crippen molar-refractivity contribution in [2.45, 2.75) is 6.92 Å². The second-order valence-electron chi connectivity index (χ2n) is 3.89. The van der Waals surface area contributed by atoms with Gasteiger partial charge in [-0.25, -0.2) is 0 Å². The Balaban J connectivity index is 2.30. The molecule has 0 aliphatic carbocycles. The molecule has 0 atom stereocenters. The summed E-state index contributed by atoms with van der Waals surface area (Å²) in [5.74, 6) is 0.0957. The maximum Gasteiger partial charge on any atom is 0.160 e. The van der Waals surface area contributed by atoms with Gasteiger partial charge in [0.1, 0.15) is 0 Å². The first kappa shape index (κ1) is 11.3. The lowest BCUT2D eigenvalue weighted by molar-refractivity contribution is 0.101. The Morgan fingerprint density at radius 1 is 0.882 bits per heavy atom. The van der Waals surface area contributed by atoms with Gasteiger partial charge in [0.15, 0.2) is 5.78 Å². The molecule has 0 saturated heterocycles. The second kappa shape index (κ2) is 5.26. The minimum Gasteiger partial charge on any atom is -0.294 e. The lowest BCUT2D eigenvalue weighted by Gasteiger charge is -2.01. The van der Waals surface area contributed by atoms with E-state index in [1.165, 1.54) is 0 Å². The predicted molar refractivity (Wildman–Crippen MR) is 71.8 cm³/mol. The summed E-state index contributed by atoms with van der Waals surface area (Å²) in [7, 11) is 0. The smallest absolute Gasteiger partial charge is 0.160 e. The third kappa shape index (κ3) is 2.91. The van der Waals surface area contributed by atoms with Crippen LogP contribution < -0.4 is 0 Å². The van der Waals surface area contributed by atoms with Gasteiger partial charge in [-0.15, -0.1) is 0 Å². The Kier molecular flexibility index (Phi) is 3.51. The van der Waals surface area contributed by atoms with Crippen molar-refractivity contribution < 1.29 is 4.79 Å². The highest BCUT2D eigenvalue weighted by atomic mass is 16.1. The van der Waals surface area contributed by atoms with Gasteiger partial charge in [-0.05, 0) is 18.1 Å². The van der Waals surface area contributed by atoms with Crippen molar-refractivity contribution in [1.82, 2.24) is 0 Å². The number of benzene rings is 2. The highest BCUT2D eigenvalue weighted by Crippen LogP contribution is 2.13. The van der Waals surface area contributed by atoms with Gasteiger partial charge in [0.25, 0.3) is 0 Å². The number of Topliss-reactive ketones (excluding diaryl/α,β-unsaturated/α-hetero) is 1. The molecule has 0 fully saturated rings. The Morgan fingerprint density at radius 3 is 2.24 bits per heavy atom. The topological polar surface area (TPSA) is 17.1 Å². The van der Waals surface area contributed by atoms with Crippen LogP contribution in [-0.2, 0) is 0 Å². The maximum absolute atomic E-state index is 11.4. The van der Waals surface area contributed by atoms with Crippen molar-refractivity contribution in [3.8, 4) is 0 Å². The monoisotopic (exact) mass is 222 g/mol. The zero-order valence-corrected chi connectivity index (χ0v) is 9.76. The van der Waals surface area contributed by atoms with Crippen LogP contribution in [0.3, 0.4) is 0 Å². The van der Waals surface area contributed by atoms with Gasteiger partial charge >= 0.3 is 0 Å². The highest BCUT2D eigenvalue weighted by molar-refractivity contribution is 5.98. The summed E-state index contributed by atoms with van der Waals surface area (Å²) in [6.45, 7) is 1.59. The number of ketones is 1. The SMILES string of the molecule is CC(=O)c1ccccc1C=Cc1ccccc1. The fourth-order valence-corrected chi connectivity index (χ4v) is 1.71. The minimum atomic E-state index is 0.0957. The van der Waals surface area contributed by atoms with E-state index in [2.05, 4.69) is 0 Å². The molecule has 0 amide bonds. The number of hydrogen-bond acceptors (Lipinski definition) is 1. The van der Waals surface area contributed by atoms with Gasteiger partial charge in [-0.3, -0.25) is 4.79 Å². The van der Waals surface area contributed by atoms with E-state index in [1.807, 2.05) is 66.7 Å². The number of carbonyl (C=O) groups is 1. The van der Waals surface area contributed by atoms with Crippen LogP contribution in [0.1, 0.15) is 28.4 Å². The summed E-state index contributed by atoms with van der Waals surface area (Å²) in [5, 5.41) is 0. The second-order valence-corrected chi connectivity index (χ2v) is 3.89. The lowest BCUT2D eigenvalue weighted by atomic mass is 10.0. The molecule has 0 heterocycles. The van der Waals surface area contributed by atoms with Crippen LogP contribution in [0.25, 0.3) is 12.2 Å². The van der Waals surface area contributed by atoms with Crippen molar-refractivity contribution in [2.24, 2.45) is 0 Å². The molecule has 84 valence electrons. The van der Waals surface area contributed by atoms with Gasteiger partial charge in [0.2, 0.25) is 0 Å². The van der Waals surface area contributed by atoms with Crippen molar-refractivity contribution in [3.63, 3.8) is 0 Å². The Morgan fingerprint density at radius 2 is 1.53 bits per heavy atom. The normalized spacial score (nSPS) is 10.6. The van der Waals surface area contributed by atoms with Gasteiger partial charge in [-0.1, -0.05) is 66.7 Å². The Hall–Kier alpha value is -2.15. The third-order valence-corrected chi connectivity index (χ3v) is 2.59. The third-order valence-electron chi connectivity index (χ3n) is 2.59. The van der Waals surface area contributed by atoms with E-state index in [1.54, 1.807) is 6.92 Å². The van der Waals surface area contributed by atoms with Crippen molar-refractivity contribution in [2.75, 3.05) is 0 Å². The summed E-state index contributed by atoms with van der Waals surface area (Å²) in [5.41, 5.74) is 2.86. The molecule has 1 nitrogen and oxygen atoms in total. The van der Waals surface area contributed by atoms with Crippen LogP contribution in [0.15, 0.2) is 54.6 Å². The first-order valence-electron chi connectivity index (χ1n) is 5.60. The summed E-state index contributed by atoms with van der Waals surface area (Å²) < 4.78 is 0. The molecular formula is C16H14O. The van der Waals surface area contributed by atoms with Crippen LogP contribution in [-0.4, -0.2) is 5.78 Å². The van der Waals surface area contributed by atoms with E-state index in [0.717, 1.165) is 16.7 Å². The van der Waals surface area contributed by atoms with E-state index in [4.69, 9.17) is 0 Å². The van der Waals surface area contributed by atoms with E-state index in [9.17, 15) is 4.79 Å². The zero-order chi connectivity index (χ0) is 12.1. The number of hydrogen-bond donors (Lipinski definition) is 0. The summed E-state index contributed by atoms with van der Waals surface area (Å²) in [6.07, 6.45) is 3.99. The molecule has 0 spiro atoms. The van der Waals surface area contributed by atoms with Crippen molar-refractivity contribution in [3.05, 3.63) is 71.3 Å². The van der Waals surface area contributed by atoms with E-state index < -0.39 is 0 Å². The molecule has 0 radical (unpaired) electrons. The molecule has 0 saturated carbocycles. The number of carbonyl (C=O) groups excluding carboxylic acids is 1. The molecule has 2 aromatic rings. The summed E-state index contributed by atoms with van der Waals surface area (Å²) in [4.78, 5) is 11.4. The van der Waals surface area contributed by atoms with Crippen LogP contribution in [0.2, 0.25) is 0 Å². The summed E-state index contributed by atoms with van der Waals surface area (Å²) in [6, 6.07) is 17.7. The molecule has 0 unspecified atom stereocenters. The molecular weight excluding hydrogens is 208 g/mol. The van der Waals surface area contributed by atoms with E-state index in [-0.39, 0.29) is 5.78 Å². The van der Waals surface area contributed by atoms with Crippen LogP contribution in [0.4, 0.5) is 0 Å². The zero-order valence-electron chi connectivity index (χ0n) is 9.76. The number of rotatable bonds is 3. The van der Waals surface area contributed by atoms with Gasteiger partial charge in [0, 0.05) is 5.56 Å². The Labute approximate surface area is 101 Å². The van der Waals surface area contributed by atoms with Crippen molar-refractivity contribution in [1.29, 1.82) is 0 Å². The van der Waals surface area contributed by atoms with E-state index in [0.29, 0.717) is 0 Å². The fraction of sp³-hybridized carbons (Fsp3) is 0.0625. The standard InChI is InChI=1S/C16H14O/c1-13(17)16-10-6-5-9-15(16)12-11-14-7-3-2-4-8-14/h2-12H,1H3. The van der Waals surface area contributed by atoms with Gasteiger partial charge < -0.3 is 0 Å². The van der Waals surface area contributed by atoms with Crippen LogP contribution in [0.5, 0.6) is 0 Å². The molecule has 0 aromatic heterocycles. The van der Waals surface area contributed by atoms with E-state index >= 15 is 0 Å². The molecule has 2 rings (SSSR count). The molecule has 0 aliphatic rings. The summed E-state index contributed by atoms with van der Waals surface area (Å²) >= 11 is 0. The lowest BCUT2D eigenvalue weighted by Crippen LogP contribution is -1.94. The van der Waals surface area contributed by atoms with Crippen LogP contribution >= 0.6 is 0 Å². The maximum atomic E-state index is 11.4. The minimum absolute atomic E-state index is 0.0957. The van der Waals surface area contributed by atoms with Crippen LogP contribution in [0, 0.1) is 0 Å². The average Bonchev–Trinajstić information content (AvgIpc) is 2.38. The molecule has 1 heteroatoms. The molecule has 2 aromatic carbocycles. The predicted octanol–water partition coefficient (Wildman–Crippen LogP) is 4.06. The first-order valence-corrected chi connectivity index (χ1v) is 5.60. The van der Waals surface area contributed by atoms with Crippen molar-refractivity contribution >= 4 is 17.9 Å². The molecule has 17 heavy (non-hydrogen) atoms. The van der Waals surface area contributed by atoms with Gasteiger partial charge in [0.05, 0.1) is 0 Å². The Bertz CT molecular complexity index is 538. The highest BCUT2D eigenvalue weighted by Gasteiger charge is 2.02. The molecule has 0 bridgehead atoms. The average molecular weight is 222 g/mol. The first-order chi connectivity index (χ1) is 8.27. The largest absolute Gasteiger partial charge is 0.294 e.